The molecule has 1 amide bonds. The summed E-state index contributed by atoms with van der Waals surface area (Å²) in [5.74, 6) is -0.198. The van der Waals surface area contributed by atoms with Crippen molar-refractivity contribution in [3.63, 3.8) is 0 Å². The Morgan fingerprint density at radius 1 is 1.25 bits per heavy atom. The van der Waals surface area contributed by atoms with Crippen LogP contribution in [0.5, 0.6) is 0 Å². The van der Waals surface area contributed by atoms with Gasteiger partial charge < -0.3 is 14.4 Å². The largest absolute Gasteiger partial charge is 0.466 e. The lowest BCUT2D eigenvalue weighted by Crippen LogP contribution is -2.51. The van der Waals surface area contributed by atoms with Gasteiger partial charge >= 0.3 is 12.1 Å². The minimum atomic E-state index is -0.578. The van der Waals surface area contributed by atoms with Crippen LogP contribution >= 0.6 is 0 Å². The van der Waals surface area contributed by atoms with Gasteiger partial charge in [0.25, 0.3) is 0 Å². The number of rotatable bonds is 3. The van der Waals surface area contributed by atoms with Gasteiger partial charge in [0.1, 0.15) is 5.60 Å². The predicted octanol–water partition coefficient (Wildman–Crippen LogP) is 2.98. The number of hydrogen-bond acceptors (Lipinski definition) is 4. The number of piperidine rings is 1. The number of esters is 1. The Balaban J connectivity index is 2.78. The number of nitrogens with zero attached hydrogens (tertiary/aromatic N) is 1. The molecule has 5 heteroatoms. The monoisotopic (exact) mass is 285 g/mol. The van der Waals surface area contributed by atoms with E-state index in [4.69, 9.17) is 9.47 Å². The Labute approximate surface area is 121 Å². The summed E-state index contributed by atoms with van der Waals surface area (Å²) in [5.41, 5.74) is -1.10. The van der Waals surface area contributed by atoms with Gasteiger partial charge in [-0.3, -0.25) is 4.79 Å². The first-order valence-electron chi connectivity index (χ1n) is 7.39. The highest BCUT2D eigenvalue weighted by molar-refractivity contribution is 5.78. The molecule has 5 nitrogen and oxygen atoms in total. The van der Waals surface area contributed by atoms with E-state index in [1.807, 2.05) is 27.7 Å². The lowest BCUT2D eigenvalue weighted by atomic mass is 9.77. The highest BCUT2D eigenvalue weighted by atomic mass is 16.6. The smallest absolute Gasteiger partial charge is 0.410 e. The maximum Gasteiger partial charge on any atom is 0.410 e. The average Bonchev–Trinajstić information content (AvgIpc) is 2.37. The van der Waals surface area contributed by atoms with Crippen molar-refractivity contribution in [3.8, 4) is 0 Å². The third-order valence-corrected chi connectivity index (χ3v) is 3.61. The lowest BCUT2D eigenvalue weighted by molar-refractivity contribution is -0.159. The number of likely N-dealkylation sites (tertiary alicyclic amines) is 1. The van der Waals surface area contributed by atoms with Gasteiger partial charge in [-0.05, 0) is 47.0 Å². The van der Waals surface area contributed by atoms with Crippen LogP contribution in [-0.2, 0) is 14.3 Å². The van der Waals surface area contributed by atoms with Crippen molar-refractivity contribution >= 4 is 12.1 Å². The van der Waals surface area contributed by atoms with Crippen molar-refractivity contribution in [1.29, 1.82) is 0 Å². The molecule has 0 aromatic rings. The molecular formula is C15H27NO4. The van der Waals surface area contributed by atoms with Crippen LogP contribution in [0.3, 0.4) is 0 Å². The van der Waals surface area contributed by atoms with Gasteiger partial charge in [-0.15, -0.1) is 0 Å². The van der Waals surface area contributed by atoms with Crippen molar-refractivity contribution in [1.82, 2.24) is 4.90 Å². The second kappa shape index (κ2) is 6.46. The maximum atomic E-state index is 12.2. The standard InChI is InChI=1S/C15H27NO4/c1-6-15(12(17)19-7-2)9-8-10-16(11-15)13(18)20-14(3,4)5/h6-11H2,1-5H3. The summed E-state index contributed by atoms with van der Waals surface area (Å²) in [7, 11) is 0. The Morgan fingerprint density at radius 3 is 2.40 bits per heavy atom. The Bertz CT molecular complexity index is 361. The van der Waals surface area contributed by atoms with E-state index < -0.39 is 11.0 Å². The van der Waals surface area contributed by atoms with Gasteiger partial charge in [-0.25, -0.2) is 4.79 Å². The van der Waals surface area contributed by atoms with Gasteiger partial charge in [0.2, 0.25) is 0 Å². The Kier molecular flexibility index (Phi) is 5.42. The molecule has 0 saturated carbocycles. The Morgan fingerprint density at radius 2 is 1.90 bits per heavy atom. The predicted molar refractivity (Wildman–Crippen MR) is 76.4 cm³/mol. The first-order valence-corrected chi connectivity index (χ1v) is 7.39. The van der Waals surface area contributed by atoms with Crippen molar-refractivity contribution in [2.24, 2.45) is 5.41 Å². The van der Waals surface area contributed by atoms with E-state index in [1.54, 1.807) is 11.8 Å². The highest BCUT2D eigenvalue weighted by Gasteiger charge is 2.44. The van der Waals surface area contributed by atoms with E-state index >= 15 is 0 Å². The van der Waals surface area contributed by atoms with Gasteiger partial charge in [0.15, 0.2) is 0 Å². The van der Waals surface area contributed by atoms with Crippen molar-refractivity contribution < 1.29 is 19.1 Å². The van der Waals surface area contributed by atoms with E-state index in [0.717, 1.165) is 12.8 Å². The summed E-state index contributed by atoms with van der Waals surface area (Å²) in [5, 5.41) is 0. The highest BCUT2D eigenvalue weighted by Crippen LogP contribution is 2.35. The number of ether oxygens (including phenoxy) is 2. The molecule has 0 spiro atoms. The summed E-state index contributed by atoms with van der Waals surface area (Å²) < 4.78 is 10.6. The van der Waals surface area contributed by atoms with Crippen LogP contribution in [-0.4, -0.2) is 42.3 Å². The fourth-order valence-corrected chi connectivity index (χ4v) is 2.50. The van der Waals surface area contributed by atoms with E-state index in [2.05, 4.69) is 0 Å². The number of carbonyl (C=O) groups excluding carboxylic acids is 2. The van der Waals surface area contributed by atoms with Gasteiger partial charge in [0, 0.05) is 13.1 Å². The molecule has 116 valence electrons. The van der Waals surface area contributed by atoms with Crippen LogP contribution in [0, 0.1) is 5.41 Å². The van der Waals surface area contributed by atoms with Crippen LogP contribution in [0.1, 0.15) is 53.9 Å². The van der Waals surface area contributed by atoms with Crippen LogP contribution < -0.4 is 0 Å². The molecule has 1 atom stereocenters. The van der Waals surface area contributed by atoms with E-state index in [-0.39, 0.29) is 12.1 Å². The zero-order valence-electron chi connectivity index (χ0n) is 13.3. The normalized spacial score (nSPS) is 23.4. The van der Waals surface area contributed by atoms with Crippen molar-refractivity contribution in [2.45, 2.75) is 59.5 Å². The number of carbonyl (C=O) groups is 2. The van der Waals surface area contributed by atoms with Crippen LogP contribution in [0.25, 0.3) is 0 Å². The number of amides is 1. The molecule has 1 rings (SSSR count). The third kappa shape index (κ3) is 4.12. The molecule has 0 aliphatic carbocycles. The van der Waals surface area contributed by atoms with Crippen LogP contribution in [0.4, 0.5) is 4.79 Å². The molecule has 0 aromatic carbocycles. The zero-order valence-corrected chi connectivity index (χ0v) is 13.3. The molecule has 1 unspecified atom stereocenters. The van der Waals surface area contributed by atoms with E-state index in [0.29, 0.717) is 26.1 Å². The zero-order chi connectivity index (χ0) is 15.4. The van der Waals surface area contributed by atoms with E-state index in [1.165, 1.54) is 0 Å². The molecule has 20 heavy (non-hydrogen) atoms. The summed E-state index contributed by atoms with van der Waals surface area (Å²) in [6, 6.07) is 0. The molecule has 1 saturated heterocycles. The van der Waals surface area contributed by atoms with Crippen molar-refractivity contribution in [3.05, 3.63) is 0 Å². The van der Waals surface area contributed by atoms with Crippen LogP contribution in [0.15, 0.2) is 0 Å². The summed E-state index contributed by atoms with van der Waals surface area (Å²) in [4.78, 5) is 26.0. The minimum absolute atomic E-state index is 0.198. The SMILES string of the molecule is CCOC(=O)C1(CC)CCCN(C(=O)OC(C)(C)C)C1. The molecule has 0 aromatic heterocycles. The molecular weight excluding hydrogens is 258 g/mol. The summed E-state index contributed by atoms with van der Waals surface area (Å²) in [6.07, 6.45) is 1.89. The fraction of sp³-hybridized carbons (Fsp3) is 0.867. The molecule has 0 bridgehead atoms. The van der Waals surface area contributed by atoms with E-state index in [9.17, 15) is 9.59 Å². The fourth-order valence-electron chi connectivity index (χ4n) is 2.50. The van der Waals surface area contributed by atoms with Gasteiger partial charge in [-0.1, -0.05) is 6.92 Å². The maximum absolute atomic E-state index is 12.2. The van der Waals surface area contributed by atoms with Gasteiger partial charge in [0.05, 0.1) is 12.0 Å². The molecule has 1 aliphatic rings. The van der Waals surface area contributed by atoms with Crippen LogP contribution in [0.2, 0.25) is 0 Å². The molecule has 0 N–H and O–H groups in total. The minimum Gasteiger partial charge on any atom is -0.466 e. The first-order chi connectivity index (χ1) is 9.24. The summed E-state index contributed by atoms with van der Waals surface area (Å²) in [6.45, 7) is 10.7. The third-order valence-electron chi connectivity index (χ3n) is 3.61. The summed E-state index contributed by atoms with van der Waals surface area (Å²) >= 11 is 0. The number of hydrogen-bond donors (Lipinski definition) is 0. The molecule has 1 heterocycles. The Hall–Kier alpha value is -1.26. The average molecular weight is 285 g/mol. The quantitative estimate of drug-likeness (QED) is 0.748. The molecule has 1 aliphatic heterocycles. The first kappa shape index (κ1) is 16.8. The lowest BCUT2D eigenvalue weighted by Gasteiger charge is -2.40. The molecule has 0 radical (unpaired) electrons. The molecule has 1 fully saturated rings. The topological polar surface area (TPSA) is 55.8 Å². The van der Waals surface area contributed by atoms with Crippen molar-refractivity contribution in [2.75, 3.05) is 19.7 Å². The second-order valence-corrected chi connectivity index (χ2v) is 6.36. The second-order valence-electron chi connectivity index (χ2n) is 6.36. The van der Waals surface area contributed by atoms with Gasteiger partial charge in [-0.2, -0.15) is 0 Å².